The predicted octanol–water partition coefficient (Wildman–Crippen LogP) is 4.51. The molecule has 0 spiro atoms. The minimum Gasteiger partial charge on any atom is -0.325 e. The van der Waals surface area contributed by atoms with E-state index in [0.717, 1.165) is 23.1 Å². The first-order valence-electron chi connectivity index (χ1n) is 11.2. The number of hydrogen-bond acceptors (Lipinski definition) is 4. The number of benzodiazepines with no additional fused rings is 1. The third-order valence-corrected chi connectivity index (χ3v) is 6.16. The molecule has 4 rings (SSSR count). The van der Waals surface area contributed by atoms with Crippen molar-refractivity contribution < 1.29 is 9.59 Å². The molecule has 34 heavy (non-hydrogen) atoms. The van der Waals surface area contributed by atoms with Crippen molar-refractivity contribution in [3.63, 3.8) is 0 Å². The highest BCUT2D eigenvalue weighted by Gasteiger charge is 2.26. The fraction of sp³-hybridized carbons (Fsp3) is 0.222. The van der Waals surface area contributed by atoms with Crippen molar-refractivity contribution in [2.45, 2.75) is 32.7 Å². The van der Waals surface area contributed by atoms with E-state index in [4.69, 9.17) is 22.3 Å². The van der Waals surface area contributed by atoms with Crippen LogP contribution in [-0.2, 0) is 22.4 Å². The number of aliphatic imine (C=N–C) groups is 1. The number of nitrogens with zero attached hydrogens (tertiary/aromatic N) is 1. The summed E-state index contributed by atoms with van der Waals surface area (Å²) in [5, 5.41) is 6.31. The normalized spacial score (nSPS) is 15.1. The van der Waals surface area contributed by atoms with Gasteiger partial charge in [-0.2, -0.15) is 0 Å². The van der Waals surface area contributed by atoms with Crippen LogP contribution in [0.25, 0.3) is 0 Å². The first-order valence-corrected chi connectivity index (χ1v) is 11.6. The highest BCUT2D eigenvalue weighted by atomic mass is 35.5. The quantitative estimate of drug-likeness (QED) is 0.490. The Morgan fingerprint density at radius 3 is 2.56 bits per heavy atom. The fourth-order valence-corrected chi connectivity index (χ4v) is 4.29. The topological polar surface area (TPSA) is 96.6 Å². The summed E-state index contributed by atoms with van der Waals surface area (Å²) >= 11 is 6.30. The summed E-state index contributed by atoms with van der Waals surface area (Å²) in [7, 11) is 0. The Morgan fingerprint density at radius 2 is 1.88 bits per heavy atom. The number of benzene rings is 3. The molecule has 0 aromatic heterocycles. The maximum absolute atomic E-state index is 13.1. The lowest BCUT2D eigenvalue weighted by Crippen LogP contribution is -2.27. The number of amides is 2. The zero-order chi connectivity index (χ0) is 24.2. The molecule has 6 nitrogen and oxygen atoms in total. The lowest BCUT2D eigenvalue weighted by atomic mass is 9.98. The van der Waals surface area contributed by atoms with Gasteiger partial charge in [0.15, 0.2) is 0 Å². The molecule has 1 heterocycles. The van der Waals surface area contributed by atoms with Crippen molar-refractivity contribution in [3.05, 3.63) is 93.5 Å². The summed E-state index contributed by atoms with van der Waals surface area (Å²) in [6, 6.07) is 18.4. The average Bonchev–Trinajstić information content (AvgIpc) is 2.96. The summed E-state index contributed by atoms with van der Waals surface area (Å²) in [6.07, 6.45) is 1.45. The van der Waals surface area contributed by atoms with Gasteiger partial charge in [0.05, 0.1) is 17.9 Å². The van der Waals surface area contributed by atoms with E-state index < -0.39 is 6.04 Å². The second-order valence-electron chi connectivity index (χ2n) is 8.32. The first kappa shape index (κ1) is 23.7. The molecule has 0 saturated carbocycles. The maximum Gasteiger partial charge on any atom is 0.249 e. The molecular weight excluding hydrogens is 448 g/mol. The summed E-state index contributed by atoms with van der Waals surface area (Å²) in [4.78, 5) is 29.7. The number of halogens is 1. The van der Waals surface area contributed by atoms with Crippen molar-refractivity contribution in [1.29, 1.82) is 0 Å². The molecule has 0 bridgehead atoms. The Labute approximate surface area is 204 Å². The Kier molecular flexibility index (Phi) is 7.10. The van der Waals surface area contributed by atoms with Gasteiger partial charge in [0.1, 0.15) is 6.04 Å². The summed E-state index contributed by atoms with van der Waals surface area (Å²) in [6.45, 7) is 4.13. The first-order chi connectivity index (χ1) is 16.4. The molecule has 3 aromatic carbocycles. The molecule has 1 aliphatic heterocycles. The van der Waals surface area contributed by atoms with E-state index >= 15 is 0 Å². The maximum atomic E-state index is 13.1. The van der Waals surface area contributed by atoms with Gasteiger partial charge in [-0.25, -0.2) is 0 Å². The van der Waals surface area contributed by atoms with Gasteiger partial charge in [-0.1, -0.05) is 48.9 Å². The number of anilines is 2. The van der Waals surface area contributed by atoms with Crippen molar-refractivity contribution >= 4 is 40.5 Å². The largest absolute Gasteiger partial charge is 0.325 e. The SMILES string of the molecule is CCc1ccc(CC2N=C(c3ccc(NC(=O)CN)cc3)c3cc(Cl)ccc3NC2=O)cc1C. The van der Waals surface area contributed by atoms with Crippen LogP contribution in [0.15, 0.2) is 65.7 Å². The van der Waals surface area contributed by atoms with Crippen LogP contribution in [0.1, 0.15) is 34.7 Å². The fourth-order valence-electron chi connectivity index (χ4n) is 4.12. The van der Waals surface area contributed by atoms with Crippen LogP contribution in [0.3, 0.4) is 0 Å². The predicted molar refractivity (Wildman–Crippen MR) is 138 cm³/mol. The van der Waals surface area contributed by atoms with E-state index in [2.05, 4.69) is 42.7 Å². The minimum atomic E-state index is -0.607. The van der Waals surface area contributed by atoms with E-state index in [-0.39, 0.29) is 18.4 Å². The van der Waals surface area contributed by atoms with Gasteiger partial charge in [0.25, 0.3) is 0 Å². The van der Waals surface area contributed by atoms with Crippen LogP contribution in [0.2, 0.25) is 5.02 Å². The molecule has 1 aliphatic rings. The summed E-state index contributed by atoms with van der Waals surface area (Å²) in [5.74, 6) is -0.432. The molecule has 174 valence electrons. The number of carbonyl (C=O) groups excluding carboxylic acids is 2. The van der Waals surface area contributed by atoms with Crippen LogP contribution >= 0.6 is 11.6 Å². The number of hydrogen-bond donors (Lipinski definition) is 3. The summed E-state index contributed by atoms with van der Waals surface area (Å²) < 4.78 is 0. The number of nitrogens with one attached hydrogen (secondary N) is 2. The second-order valence-corrected chi connectivity index (χ2v) is 8.76. The average molecular weight is 475 g/mol. The van der Waals surface area contributed by atoms with E-state index in [1.807, 2.05) is 18.2 Å². The van der Waals surface area contributed by atoms with Gasteiger partial charge in [-0.15, -0.1) is 0 Å². The van der Waals surface area contributed by atoms with Gasteiger partial charge in [-0.05, 0) is 60.4 Å². The van der Waals surface area contributed by atoms with Crippen LogP contribution in [-0.4, -0.2) is 30.1 Å². The van der Waals surface area contributed by atoms with E-state index in [1.165, 1.54) is 11.1 Å². The lowest BCUT2D eigenvalue weighted by Gasteiger charge is -2.13. The standard InChI is InChI=1S/C27H27ClN4O2/c1-3-18-5-4-17(12-16(18)2)13-24-27(34)32-23-11-8-20(28)14-22(23)26(31-24)19-6-9-21(10-7-19)30-25(33)15-29/h4-12,14,24H,3,13,15,29H2,1-2H3,(H,30,33)(H,32,34). The van der Waals surface area contributed by atoms with E-state index in [0.29, 0.717) is 28.5 Å². The molecule has 1 atom stereocenters. The highest BCUT2D eigenvalue weighted by Crippen LogP contribution is 2.29. The Bertz CT molecular complexity index is 1270. The zero-order valence-electron chi connectivity index (χ0n) is 19.2. The van der Waals surface area contributed by atoms with Crippen molar-refractivity contribution in [3.8, 4) is 0 Å². The Balaban J connectivity index is 1.74. The zero-order valence-corrected chi connectivity index (χ0v) is 19.9. The van der Waals surface area contributed by atoms with Crippen LogP contribution in [0.5, 0.6) is 0 Å². The van der Waals surface area contributed by atoms with Gasteiger partial charge >= 0.3 is 0 Å². The molecular formula is C27H27ClN4O2. The third-order valence-electron chi connectivity index (χ3n) is 5.93. The summed E-state index contributed by atoms with van der Waals surface area (Å²) in [5.41, 5.74) is 12.5. The van der Waals surface area contributed by atoms with E-state index in [1.54, 1.807) is 24.3 Å². The molecule has 3 aromatic rings. The van der Waals surface area contributed by atoms with Crippen LogP contribution in [0, 0.1) is 6.92 Å². The molecule has 4 N–H and O–H groups in total. The van der Waals surface area contributed by atoms with Crippen molar-refractivity contribution in [2.75, 3.05) is 17.2 Å². The number of nitrogens with two attached hydrogens (primary N) is 1. The van der Waals surface area contributed by atoms with Crippen LogP contribution < -0.4 is 16.4 Å². The van der Waals surface area contributed by atoms with Crippen LogP contribution in [0.4, 0.5) is 11.4 Å². The van der Waals surface area contributed by atoms with Crippen molar-refractivity contribution in [1.82, 2.24) is 0 Å². The molecule has 7 heteroatoms. The van der Waals surface area contributed by atoms with Crippen molar-refractivity contribution in [2.24, 2.45) is 10.7 Å². The second kappa shape index (κ2) is 10.2. The molecule has 0 aliphatic carbocycles. The molecule has 0 fully saturated rings. The van der Waals surface area contributed by atoms with Gasteiger partial charge in [0.2, 0.25) is 11.8 Å². The molecule has 0 saturated heterocycles. The number of aryl methyl sites for hydroxylation is 2. The minimum absolute atomic E-state index is 0.0888. The monoisotopic (exact) mass is 474 g/mol. The van der Waals surface area contributed by atoms with Gasteiger partial charge < -0.3 is 16.4 Å². The number of rotatable bonds is 6. The highest BCUT2D eigenvalue weighted by molar-refractivity contribution is 6.32. The molecule has 2 amide bonds. The molecule has 0 radical (unpaired) electrons. The Hall–Kier alpha value is -3.48. The smallest absolute Gasteiger partial charge is 0.249 e. The van der Waals surface area contributed by atoms with E-state index in [9.17, 15) is 9.59 Å². The number of fused-ring (bicyclic) bond motifs is 1. The number of carbonyl (C=O) groups is 2. The van der Waals surface area contributed by atoms with Gasteiger partial charge in [-0.3, -0.25) is 14.6 Å². The van der Waals surface area contributed by atoms with Gasteiger partial charge in [0, 0.05) is 28.3 Å². The lowest BCUT2D eigenvalue weighted by molar-refractivity contribution is -0.117. The third kappa shape index (κ3) is 5.19. The molecule has 1 unspecified atom stereocenters. The Morgan fingerprint density at radius 1 is 1.12 bits per heavy atom.